The van der Waals surface area contributed by atoms with Crippen molar-refractivity contribution in [2.45, 2.75) is 98.4 Å². The molecule has 1 aromatic rings. The molecule has 6 atom stereocenters. The smallest absolute Gasteiger partial charge is 0.252 e. The van der Waals surface area contributed by atoms with Crippen molar-refractivity contribution in [3.63, 3.8) is 0 Å². The molecule has 14 heteroatoms. The lowest BCUT2D eigenvalue weighted by Crippen LogP contribution is -2.59. The molecule has 0 aliphatic heterocycles. The molecule has 0 radical (unpaired) electrons. The molecule has 254 valence electrons. The van der Waals surface area contributed by atoms with Crippen LogP contribution in [-0.2, 0) is 19.2 Å². The Bertz CT molecular complexity index is 1110. The van der Waals surface area contributed by atoms with Crippen molar-refractivity contribution in [1.29, 1.82) is 0 Å². The van der Waals surface area contributed by atoms with Crippen LogP contribution in [0.3, 0.4) is 0 Å². The van der Waals surface area contributed by atoms with Gasteiger partial charge < -0.3 is 42.2 Å². The summed E-state index contributed by atoms with van der Waals surface area (Å²) in [4.78, 5) is 64.5. The monoisotopic (exact) mass is 635 g/mol. The lowest BCUT2D eigenvalue weighted by atomic mass is 9.97. The lowest BCUT2D eigenvalue weighted by molar-refractivity contribution is -0.605. The highest BCUT2D eigenvalue weighted by molar-refractivity contribution is 5.98. The number of carbonyl (C=O) groups is 5. The van der Waals surface area contributed by atoms with Gasteiger partial charge in [-0.2, -0.15) is 4.73 Å². The van der Waals surface area contributed by atoms with Crippen LogP contribution < -0.4 is 36.6 Å². The van der Waals surface area contributed by atoms with E-state index in [1.165, 1.54) is 24.5 Å². The third-order valence-electron chi connectivity index (χ3n) is 7.43. The van der Waals surface area contributed by atoms with Crippen molar-refractivity contribution in [3.8, 4) is 0 Å². The second kappa shape index (κ2) is 19.6. The highest BCUT2D eigenvalue weighted by Gasteiger charge is 2.31. The Kier molecular flexibility index (Phi) is 17.1. The Morgan fingerprint density at radius 3 is 1.96 bits per heavy atom. The van der Waals surface area contributed by atoms with Crippen LogP contribution in [0.25, 0.3) is 0 Å². The maximum atomic E-state index is 13.3. The first-order valence-corrected chi connectivity index (χ1v) is 15.7. The summed E-state index contributed by atoms with van der Waals surface area (Å²) in [5, 5.41) is 38.0. The molecule has 0 bridgehead atoms. The third-order valence-corrected chi connectivity index (χ3v) is 7.43. The minimum atomic E-state index is -1.30. The van der Waals surface area contributed by atoms with Gasteiger partial charge in [0.2, 0.25) is 23.6 Å². The van der Waals surface area contributed by atoms with Gasteiger partial charge in [0.05, 0.1) is 18.2 Å². The summed E-state index contributed by atoms with van der Waals surface area (Å²) in [5.74, 6) is -2.71. The van der Waals surface area contributed by atoms with Gasteiger partial charge in [0.25, 0.3) is 5.91 Å². The second-order valence-corrected chi connectivity index (χ2v) is 12.1. The zero-order valence-electron chi connectivity index (χ0n) is 27.8. The van der Waals surface area contributed by atoms with E-state index >= 15 is 0 Å². The summed E-state index contributed by atoms with van der Waals surface area (Å²) in [6, 6.07) is -1.46. The van der Waals surface area contributed by atoms with Gasteiger partial charge in [0.1, 0.15) is 18.1 Å². The molecule has 1 aromatic heterocycles. The van der Waals surface area contributed by atoms with Gasteiger partial charge in [-0.15, -0.1) is 0 Å². The van der Waals surface area contributed by atoms with Crippen LogP contribution in [0.4, 0.5) is 0 Å². The number of amides is 5. The predicted molar refractivity (Wildman–Crippen MR) is 169 cm³/mol. The van der Waals surface area contributed by atoms with Gasteiger partial charge in [0.15, 0.2) is 12.4 Å². The first kappa shape index (κ1) is 39.2. The number of aliphatic hydroxyl groups is 1. The number of pyridine rings is 1. The maximum absolute atomic E-state index is 13.3. The molecular formula is C31H53N7O7. The van der Waals surface area contributed by atoms with Crippen LogP contribution >= 0.6 is 0 Å². The van der Waals surface area contributed by atoms with Crippen LogP contribution in [0.1, 0.15) is 78.6 Å². The minimum Gasteiger partial charge on any atom is -0.619 e. The van der Waals surface area contributed by atoms with Gasteiger partial charge >= 0.3 is 0 Å². The number of likely N-dealkylation sites (N-methyl/N-ethyl adjacent to an activating group) is 1. The quantitative estimate of drug-likeness (QED) is 0.0794. The number of carbonyl (C=O) groups excluding carboxylic acids is 5. The van der Waals surface area contributed by atoms with Gasteiger partial charge in [-0.1, -0.05) is 48.0 Å². The lowest BCUT2D eigenvalue weighted by Gasteiger charge is -2.28. The number of rotatable bonds is 19. The fourth-order valence-electron chi connectivity index (χ4n) is 4.52. The molecule has 1 heterocycles. The van der Waals surface area contributed by atoms with Gasteiger partial charge in [0, 0.05) is 31.3 Å². The van der Waals surface area contributed by atoms with Gasteiger partial charge in [-0.3, -0.25) is 24.0 Å². The van der Waals surface area contributed by atoms with E-state index in [2.05, 4.69) is 31.9 Å². The van der Waals surface area contributed by atoms with E-state index < -0.39 is 54.5 Å². The number of hydrogen-bond acceptors (Lipinski definition) is 8. The second-order valence-electron chi connectivity index (χ2n) is 12.1. The van der Waals surface area contributed by atoms with E-state index in [9.17, 15) is 34.3 Å². The first-order valence-electron chi connectivity index (χ1n) is 15.7. The Balaban J connectivity index is 2.91. The Hall–Kier alpha value is -3.78. The normalized spacial score (nSPS) is 15.3. The topological polar surface area (TPSA) is 205 Å². The molecular weight excluding hydrogens is 582 g/mol. The molecule has 0 aromatic carbocycles. The van der Waals surface area contributed by atoms with Crippen LogP contribution in [0.2, 0.25) is 0 Å². The fourth-order valence-corrected chi connectivity index (χ4v) is 4.52. The molecule has 0 fully saturated rings. The van der Waals surface area contributed by atoms with Crippen LogP contribution in [0.5, 0.6) is 0 Å². The summed E-state index contributed by atoms with van der Waals surface area (Å²) in [5.41, 5.74) is 0.190. The molecule has 0 aliphatic carbocycles. The molecule has 0 spiro atoms. The number of hydrogen-bond donors (Lipinski definition) is 7. The molecule has 0 saturated carbocycles. The van der Waals surface area contributed by atoms with E-state index in [0.29, 0.717) is 24.1 Å². The van der Waals surface area contributed by atoms with Gasteiger partial charge in [-0.25, -0.2) is 0 Å². The highest BCUT2D eigenvalue weighted by atomic mass is 16.5. The number of nitrogens with zero attached hydrogens (tertiary/aromatic N) is 1. The largest absolute Gasteiger partial charge is 0.619 e. The molecule has 5 amide bonds. The molecule has 14 nitrogen and oxygen atoms in total. The van der Waals surface area contributed by atoms with Gasteiger partial charge in [-0.05, 0) is 38.0 Å². The standard InChI is InChI=1S/C31H53N7O7/c1-9-20(7)26(37-28(41)22-11-13-38(45)14-12-22)31(44)35-24(17-39)29(42)34-23(15-18(3)4)16-33-21(8)27(40)36-25(19(5)6)30(43)32-10-2/h11-14,18-21,23-26,33,39H,9-10,15-17H2,1-8H3,(H,32,43)(H,34,42)(H,35,44)(H,36,40)(H,37,41)/t20-,21-,23-,24-,25-,26-/m0/s1. The average molecular weight is 636 g/mol. The summed E-state index contributed by atoms with van der Waals surface area (Å²) < 4.78 is 0.536. The average Bonchev–Trinajstić information content (AvgIpc) is 2.98. The Morgan fingerprint density at radius 1 is 0.822 bits per heavy atom. The summed E-state index contributed by atoms with van der Waals surface area (Å²) in [6.45, 7) is 14.7. The van der Waals surface area contributed by atoms with Crippen molar-refractivity contribution >= 4 is 29.5 Å². The van der Waals surface area contributed by atoms with E-state index in [-0.39, 0.29) is 41.7 Å². The molecule has 0 aliphatic rings. The van der Waals surface area contributed by atoms with Crippen molar-refractivity contribution in [3.05, 3.63) is 35.3 Å². The zero-order chi connectivity index (χ0) is 34.3. The number of nitrogens with one attached hydrogen (secondary N) is 6. The summed E-state index contributed by atoms with van der Waals surface area (Å²) in [7, 11) is 0. The zero-order valence-corrected chi connectivity index (χ0v) is 27.8. The Labute approximate surface area is 266 Å². The summed E-state index contributed by atoms with van der Waals surface area (Å²) in [6.07, 6.45) is 3.42. The number of aliphatic hydroxyl groups excluding tert-OH is 1. The predicted octanol–water partition coefficient (Wildman–Crippen LogP) is -0.272. The molecule has 0 unspecified atom stereocenters. The van der Waals surface area contributed by atoms with E-state index in [4.69, 9.17) is 0 Å². The van der Waals surface area contributed by atoms with E-state index in [1.54, 1.807) is 20.8 Å². The maximum Gasteiger partial charge on any atom is 0.252 e. The van der Waals surface area contributed by atoms with E-state index in [0.717, 1.165) is 0 Å². The van der Waals surface area contributed by atoms with Crippen LogP contribution in [0, 0.1) is 23.0 Å². The molecule has 7 N–H and O–H groups in total. The van der Waals surface area contributed by atoms with Crippen molar-refractivity contribution in [1.82, 2.24) is 31.9 Å². The third kappa shape index (κ3) is 13.4. The summed E-state index contributed by atoms with van der Waals surface area (Å²) >= 11 is 0. The molecule has 1 rings (SSSR count). The molecule has 0 saturated heterocycles. The van der Waals surface area contributed by atoms with Crippen LogP contribution in [-0.4, -0.2) is 84.5 Å². The van der Waals surface area contributed by atoms with Crippen molar-refractivity contribution in [2.24, 2.45) is 17.8 Å². The van der Waals surface area contributed by atoms with E-state index in [1.807, 2.05) is 34.6 Å². The molecule has 45 heavy (non-hydrogen) atoms. The van der Waals surface area contributed by atoms with Crippen molar-refractivity contribution in [2.75, 3.05) is 19.7 Å². The minimum absolute atomic E-state index is 0.121. The SMILES string of the molecule is CCNC(=O)[C@@H](NC(=O)[C@H](C)NC[C@H](CC(C)C)NC(=O)[C@H](CO)NC(=O)[C@@H](NC(=O)c1cc[n+]([O-])cc1)[C@@H](C)CC)C(C)C. The van der Waals surface area contributed by atoms with Crippen LogP contribution in [0.15, 0.2) is 24.5 Å². The van der Waals surface area contributed by atoms with Crippen molar-refractivity contribution < 1.29 is 33.8 Å². The first-order chi connectivity index (χ1) is 21.1. The number of aromatic nitrogens is 1. The Morgan fingerprint density at radius 2 is 1.44 bits per heavy atom. The highest BCUT2D eigenvalue weighted by Crippen LogP contribution is 2.11. The fraction of sp³-hybridized carbons (Fsp3) is 0.677.